The Bertz CT molecular complexity index is 1200. The molecule has 1 saturated carbocycles. The Balaban J connectivity index is 1.39. The van der Waals surface area contributed by atoms with E-state index in [1.54, 1.807) is 29.3 Å². The number of aryl methyl sites for hydroxylation is 1. The molecule has 8 heteroatoms. The SMILES string of the molecule is CCc1ncnc(-c2ccc(C(=O)N3CCN(C4CCCC4)CC3)c(F)c2)c1-c1ccc(N)nc1. The predicted octanol–water partition coefficient (Wildman–Crippen LogP) is 4.19. The Labute approximate surface area is 205 Å². The first-order valence-corrected chi connectivity index (χ1v) is 12.4. The molecule has 1 saturated heterocycles. The quantitative estimate of drug-likeness (QED) is 0.597. The number of amides is 1. The van der Waals surface area contributed by atoms with Crippen molar-refractivity contribution < 1.29 is 9.18 Å². The van der Waals surface area contributed by atoms with Crippen LogP contribution in [0.15, 0.2) is 42.9 Å². The number of carbonyl (C=O) groups is 1. The molecule has 5 rings (SSSR count). The fraction of sp³-hybridized carbons (Fsp3) is 0.407. The summed E-state index contributed by atoms with van der Waals surface area (Å²) in [6, 6.07) is 8.98. The highest BCUT2D eigenvalue weighted by Crippen LogP contribution is 2.33. The lowest BCUT2D eigenvalue weighted by atomic mass is 9.96. The number of hydrogen-bond donors (Lipinski definition) is 1. The van der Waals surface area contributed by atoms with Gasteiger partial charge >= 0.3 is 0 Å². The minimum atomic E-state index is -0.538. The maximum atomic E-state index is 15.3. The van der Waals surface area contributed by atoms with E-state index in [2.05, 4.69) is 19.9 Å². The van der Waals surface area contributed by atoms with Gasteiger partial charge in [0.15, 0.2) is 0 Å². The van der Waals surface area contributed by atoms with E-state index in [-0.39, 0.29) is 11.5 Å². The lowest BCUT2D eigenvalue weighted by Crippen LogP contribution is -2.51. The highest BCUT2D eigenvalue weighted by atomic mass is 19.1. The molecule has 2 aromatic heterocycles. The number of pyridine rings is 1. The molecule has 0 bridgehead atoms. The van der Waals surface area contributed by atoms with Crippen molar-refractivity contribution in [3.8, 4) is 22.4 Å². The van der Waals surface area contributed by atoms with Crippen molar-refractivity contribution in [2.75, 3.05) is 31.9 Å². The summed E-state index contributed by atoms with van der Waals surface area (Å²) in [5, 5.41) is 0. The van der Waals surface area contributed by atoms with Crippen LogP contribution in [0.2, 0.25) is 0 Å². The molecule has 7 nitrogen and oxygen atoms in total. The van der Waals surface area contributed by atoms with Crippen LogP contribution >= 0.6 is 0 Å². The minimum Gasteiger partial charge on any atom is -0.384 e. The minimum absolute atomic E-state index is 0.100. The van der Waals surface area contributed by atoms with E-state index >= 15 is 4.39 Å². The number of piperazine rings is 1. The number of halogens is 1. The van der Waals surface area contributed by atoms with Crippen molar-refractivity contribution in [2.45, 2.75) is 45.1 Å². The van der Waals surface area contributed by atoms with Crippen molar-refractivity contribution in [3.05, 3.63) is 59.9 Å². The first-order chi connectivity index (χ1) is 17.0. The number of nitrogen functional groups attached to an aromatic ring is 1. The second-order valence-electron chi connectivity index (χ2n) is 9.33. The summed E-state index contributed by atoms with van der Waals surface area (Å²) in [4.78, 5) is 30.5. The number of aromatic nitrogens is 3. The van der Waals surface area contributed by atoms with Crippen molar-refractivity contribution >= 4 is 11.7 Å². The molecule has 1 amide bonds. The lowest BCUT2D eigenvalue weighted by Gasteiger charge is -2.38. The highest BCUT2D eigenvalue weighted by Gasteiger charge is 2.29. The maximum Gasteiger partial charge on any atom is 0.256 e. The summed E-state index contributed by atoms with van der Waals surface area (Å²) in [7, 11) is 0. The normalized spacial score (nSPS) is 17.1. The third kappa shape index (κ3) is 4.75. The number of hydrogen-bond acceptors (Lipinski definition) is 6. The smallest absolute Gasteiger partial charge is 0.256 e. The van der Waals surface area contributed by atoms with Gasteiger partial charge in [-0.15, -0.1) is 0 Å². The molecule has 0 unspecified atom stereocenters. The Morgan fingerprint density at radius 1 is 1.03 bits per heavy atom. The molecule has 1 aliphatic heterocycles. The van der Waals surface area contributed by atoms with Gasteiger partial charge in [0.2, 0.25) is 0 Å². The van der Waals surface area contributed by atoms with Crippen LogP contribution in [0.3, 0.4) is 0 Å². The second kappa shape index (κ2) is 10.1. The summed E-state index contributed by atoms with van der Waals surface area (Å²) >= 11 is 0. The number of anilines is 1. The van der Waals surface area contributed by atoms with E-state index in [0.29, 0.717) is 42.6 Å². The van der Waals surface area contributed by atoms with Gasteiger partial charge in [0.1, 0.15) is 18.0 Å². The molecule has 182 valence electrons. The number of carbonyl (C=O) groups excluding carboxylic acids is 1. The van der Waals surface area contributed by atoms with Gasteiger partial charge in [0.25, 0.3) is 5.91 Å². The number of nitrogens with zero attached hydrogens (tertiary/aromatic N) is 5. The maximum absolute atomic E-state index is 15.3. The van der Waals surface area contributed by atoms with Crippen LogP contribution in [0.4, 0.5) is 10.2 Å². The van der Waals surface area contributed by atoms with E-state index in [4.69, 9.17) is 5.73 Å². The van der Waals surface area contributed by atoms with Crippen molar-refractivity contribution in [1.82, 2.24) is 24.8 Å². The van der Waals surface area contributed by atoms with Crippen molar-refractivity contribution in [3.63, 3.8) is 0 Å². The van der Waals surface area contributed by atoms with E-state index < -0.39 is 5.82 Å². The molecular weight excluding hydrogens is 443 g/mol. The van der Waals surface area contributed by atoms with Crippen LogP contribution in [-0.4, -0.2) is 62.9 Å². The number of benzene rings is 1. The van der Waals surface area contributed by atoms with Gasteiger partial charge in [-0.25, -0.2) is 19.3 Å². The van der Waals surface area contributed by atoms with Crippen LogP contribution in [0.1, 0.15) is 48.7 Å². The molecule has 0 radical (unpaired) electrons. The zero-order valence-electron chi connectivity index (χ0n) is 20.1. The zero-order valence-corrected chi connectivity index (χ0v) is 20.1. The zero-order chi connectivity index (χ0) is 24.4. The van der Waals surface area contributed by atoms with E-state index in [1.807, 2.05) is 13.0 Å². The third-order valence-corrected chi connectivity index (χ3v) is 7.25. The average Bonchev–Trinajstić information content (AvgIpc) is 3.43. The molecular formula is C27H31FN6O. The second-order valence-corrected chi connectivity index (χ2v) is 9.33. The first kappa shape index (κ1) is 23.4. The van der Waals surface area contributed by atoms with Gasteiger partial charge in [-0.3, -0.25) is 9.69 Å². The lowest BCUT2D eigenvalue weighted by molar-refractivity contribution is 0.0569. The largest absolute Gasteiger partial charge is 0.384 e. The van der Waals surface area contributed by atoms with Crippen molar-refractivity contribution in [2.24, 2.45) is 0 Å². The van der Waals surface area contributed by atoms with E-state index in [1.165, 1.54) is 38.1 Å². The number of rotatable bonds is 5. The summed E-state index contributed by atoms with van der Waals surface area (Å²) in [5.41, 5.74) is 9.50. The summed E-state index contributed by atoms with van der Waals surface area (Å²) in [6.45, 7) is 4.99. The Morgan fingerprint density at radius 2 is 1.77 bits per heavy atom. The molecule has 35 heavy (non-hydrogen) atoms. The number of nitrogens with two attached hydrogens (primary N) is 1. The van der Waals surface area contributed by atoms with Crippen LogP contribution < -0.4 is 5.73 Å². The summed E-state index contributed by atoms with van der Waals surface area (Å²) < 4.78 is 15.3. The first-order valence-electron chi connectivity index (χ1n) is 12.4. The highest BCUT2D eigenvalue weighted by molar-refractivity contribution is 5.95. The summed E-state index contributed by atoms with van der Waals surface area (Å²) in [6.07, 6.45) is 8.94. The Morgan fingerprint density at radius 3 is 2.43 bits per heavy atom. The van der Waals surface area contributed by atoms with Crippen LogP contribution in [0.5, 0.6) is 0 Å². The molecule has 1 aromatic carbocycles. The molecule has 3 aromatic rings. The van der Waals surface area contributed by atoms with Crippen LogP contribution in [0, 0.1) is 5.82 Å². The molecule has 2 N–H and O–H groups in total. The van der Waals surface area contributed by atoms with Gasteiger partial charge in [-0.2, -0.15) is 0 Å². The molecule has 0 spiro atoms. The molecule has 2 fully saturated rings. The van der Waals surface area contributed by atoms with Gasteiger partial charge in [-0.1, -0.05) is 25.8 Å². The fourth-order valence-corrected chi connectivity index (χ4v) is 5.33. The standard InChI is InChI=1S/C27H31FN6O/c1-2-23-25(19-8-10-24(29)30-16-19)26(32-17-31-23)18-7-9-21(22(28)15-18)27(35)34-13-11-33(12-14-34)20-5-3-4-6-20/h7-10,15-17,20H,2-6,11-14H2,1H3,(H2,29,30). The van der Waals surface area contributed by atoms with Crippen LogP contribution in [0.25, 0.3) is 22.4 Å². The third-order valence-electron chi connectivity index (χ3n) is 7.25. The van der Waals surface area contributed by atoms with Crippen molar-refractivity contribution in [1.29, 1.82) is 0 Å². The molecule has 1 aliphatic carbocycles. The van der Waals surface area contributed by atoms with E-state index in [9.17, 15) is 4.79 Å². The summed E-state index contributed by atoms with van der Waals surface area (Å²) in [5.74, 6) is -0.369. The Kier molecular flexibility index (Phi) is 6.72. The molecule has 3 heterocycles. The topological polar surface area (TPSA) is 88.2 Å². The van der Waals surface area contributed by atoms with Crippen LogP contribution in [-0.2, 0) is 6.42 Å². The monoisotopic (exact) mass is 474 g/mol. The van der Waals surface area contributed by atoms with Gasteiger partial charge in [-0.05, 0) is 43.5 Å². The molecule has 0 atom stereocenters. The van der Waals surface area contributed by atoms with Gasteiger partial charge in [0.05, 0.1) is 17.0 Å². The fourth-order valence-electron chi connectivity index (χ4n) is 5.33. The van der Waals surface area contributed by atoms with Gasteiger partial charge in [0, 0.05) is 55.1 Å². The molecule has 2 aliphatic rings. The Hall–Kier alpha value is -3.39. The predicted molar refractivity (Wildman–Crippen MR) is 134 cm³/mol. The van der Waals surface area contributed by atoms with E-state index in [0.717, 1.165) is 29.9 Å². The average molecular weight is 475 g/mol. The van der Waals surface area contributed by atoms with Gasteiger partial charge < -0.3 is 10.6 Å².